The van der Waals surface area contributed by atoms with Gasteiger partial charge in [0.1, 0.15) is 0 Å². The molecule has 0 radical (unpaired) electrons. The second-order valence-electron chi connectivity index (χ2n) is 4.07. The molecule has 1 unspecified atom stereocenters. The number of aromatic nitrogens is 1. The Morgan fingerprint density at radius 2 is 2.16 bits per heavy atom. The van der Waals surface area contributed by atoms with E-state index in [1.54, 1.807) is 36.6 Å². The van der Waals surface area contributed by atoms with E-state index >= 15 is 0 Å². The molecule has 0 bridgehead atoms. The SMILES string of the molecule is Cc1nscc1C(=O)NC(CO)c1ccc(Cl)cc1. The van der Waals surface area contributed by atoms with Gasteiger partial charge in [0.25, 0.3) is 5.91 Å². The summed E-state index contributed by atoms with van der Waals surface area (Å²) in [6.07, 6.45) is 0. The van der Waals surface area contributed by atoms with Crippen molar-refractivity contribution in [2.45, 2.75) is 13.0 Å². The number of nitrogens with zero attached hydrogens (tertiary/aromatic N) is 1. The van der Waals surface area contributed by atoms with Crippen molar-refractivity contribution in [2.24, 2.45) is 0 Å². The van der Waals surface area contributed by atoms with Crippen molar-refractivity contribution in [3.63, 3.8) is 0 Å². The lowest BCUT2D eigenvalue weighted by Gasteiger charge is -2.16. The molecule has 2 rings (SSSR count). The van der Waals surface area contributed by atoms with Gasteiger partial charge < -0.3 is 10.4 Å². The van der Waals surface area contributed by atoms with E-state index in [9.17, 15) is 9.90 Å². The van der Waals surface area contributed by atoms with Crippen molar-refractivity contribution in [2.75, 3.05) is 6.61 Å². The number of carbonyl (C=O) groups is 1. The topological polar surface area (TPSA) is 62.2 Å². The van der Waals surface area contributed by atoms with E-state index < -0.39 is 6.04 Å². The first-order valence-electron chi connectivity index (χ1n) is 5.70. The summed E-state index contributed by atoms with van der Waals surface area (Å²) in [4.78, 5) is 12.1. The van der Waals surface area contributed by atoms with Crippen molar-refractivity contribution >= 4 is 29.0 Å². The fraction of sp³-hybridized carbons (Fsp3) is 0.231. The zero-order valence-electron chi connectivity index (χ0n) is 10.3. The molecule has 100 valence electrons. The van der Waals surface area contributed by atoms with E-state index in [1.165, 1.54) is 11.5 Å². The van der Waals surface area contributed by atoms with E-state index in [2.05, 4.69) is 9.69 Å². The lowest BCUT2D eigenvalue weighted by Crippen LogP contribution is -2.30. The van der Waals surface area contributed by atoms with Crippen LogP contribution in [-0.4, -0.2) is 22.0 Å². The van der Waals surface area contributed by atoms with Crippen molar-refractivity contribution < 1.29 is 9.90 Å². The average Bonchev–Trinajstić information content (AvgIpc) is 2.83. The molecule has 0 saturated heterocycles. The highest BCUT2D eigenvalue weighted by molar-refractivity contribution is 7.03. The predicted molar refractivity (Wildman–Crippen MR) is 75.6 cm³/mol. The van der Waals surface area contributed by atoms with E-state index in [-0.39, 0.29) is 12.5 Å². The molecule has 19 heavy (non-hydrogen) atoms. The van der Waals surface area contributed by atoms with E-state index in [0.717, 1.165) is 5.56 Å². The number of aliphatic hydroxyl groups is 1. The third kappa shape index (κ3) is 3.32. The molecule has 0 fully saturated rings. The summed E-state index contributed by atoms with van der Waals surface area (Å²) >= 11 is 7.05. The molecule has 1 aromatic heterocycles. The molecule has 2 aromatic rings. The van der Waals surface area contributed by atoms with Crippen LogP contribution in [0.1, 0.15) is 27.7 Å². The van der Waals surface area contributed by atoms with Gasteiger partial charge in [-0.05, 0) is 36.2 Å². The lowest BCUT2D eigenvalue weighted by molar-refractivity contribution is 0.0916. The Bertz CT molecular complexity index is 568. The first-order chi connectivity index (χ1) is 9.11. The summed E-state index contributed by atoms with van der Waals surface area (Å²) in [7, 11) is 0. The number of benzene rings is 1. The van der Waals surface area contributed by atoms with E-state index in [4.69, 9.17) is 11.6 Å². The quantitative estimate of drug-likeness (QED) is 0.911. The third-order valence-corrected chi connectivity index (χ3v) is 3.73. The Labute approximate surface area is 120 Å². The Morgan fingerprint density at radius 3 is 2.68 bits per heavy atom. The average molecular weight is 297 g/mol. The van der Waals surface area contributed by atoms with Gasteiger partial charge >= 0.3 is 0 Å². The van der Waals surface area contributed by atoms with Crippen molar-refractivity contribution in [1.82, 2.24) is 9.69 Å². The van der Waals surface area contributed by atoms with Crippen molar-refractivity contribution in [1.29, 1.82) is 0 Å². The normalized spacial score (nSPS) is 12.2. The molecule has 1 amide bonds. The number of hydrogen-bond acceptors (Lipinski definition) is 4. The number of nitrogens with one attached hydrogen (secondary N) is 1. The van der Waals surface area contributed by atoms with Crippen LogP contribution >= 0.6 is 23.1 Å². The van der Waals surface area contributed by atoms with Gasteiger partial charge in [-0.2, -0.15) is 4.37 Å². The number of rotatable bonds is 4. The van der Waals surface area contributed by atoms with Gasteiger partial charge in [0, 0.05) is 10.4 Å². The summed E-state index contributed by atoms with van der Waals surface area (Å²) in [6, 6.07) is 6.56. The van der Waals surface area contributed by atoms with Crippen LogP contribution in [0, 0.1) is 6.92 Å². The fourth-order valence-electron chi connectivity index (χ4n) is 1.68. The predicted octanol–water partition coefficient (Wildman–Crippen LogP) is 2.57. The molecule has 0 saturated carbocycles. The molecule has 0 spiro atoms. The summed E-state index contributed by atoms with van der Waals surface area (Å²) < 4.78 is 4.06. The van der Waals surface area contributed by atoms with Gasteiger partial charge in [-0.15, -0.1) is 0 Å². The molecule has 1 aromatic carbocycles. The minimum absolute atomic E-state index is 0.177. The van der Waals surface area contributed by atoms with E-state index in [0.29, 0.717) is 16.3 Å². The monoisotopic (exact) mass is 296 g/mol. The molecular weight excluding hydrogens is 284 g/mol. The zero-order chi connectivity index (χ0) is 13.8. The number of carbonyl (C=O) groups excluding carboxylic acids is 1. The highest BCUT2D eigenvalue weighted by atomic mass is 35.5. The molecule has 0 aliphatic rings. The Balaban J connectivity index is 2.13. The van der Waals surface area contributed by atoms with Gasteiger partial charge in [-0.1, -0.05) is 23.7 Å². The Kier molecular flexibility index (Phi) is 4.52. The fourth-order valence-corrected chi connectivity index (χ4v) is 2.49. The smallest absolute Gasteiger partial charge is 0.254 e. The summed E-state index contributed by atoms with van der Waals surface area (Å²) in [6.45, 7) is 1.60. The maximum atomic E-state index is 12.1. The summed E-state index contributed by atoms with van der Waals surface area (Å²) in [5, 5.41) is 14.5. The van der Waals surface area contributed by atoms with Gasteiger partial charge in [0.2, 0.25) is 0 Å². The highest BCUT2D eigenvalue weighted by Crippen LogP contribution is 2.17. The number of halogens is 1. The van der Waals surface area contributed by atoms with Crippen LogP contribution < -0.4 is 5.32 Å². The maximum absolute atomic E-state index is 12.1. The molecule has 1 atom stereocenters. The molecular formula is C13H13ClN2O2S. The van der Waals surface area contributed by atoms with Crippen LogP contribution in [-0.2, 0) is 0 Å². The molecule has 0 aliphatic carbocycles. The molecule has 1 heterocycles. The van der Waals surface area contributed by atoms with Gasteiger partial charge in [0.15, 0.2) is 0 Å². The largest absolute Gasteiger partial charge is 0.394 e. The number of amides is 1. The summed E-state index contributed by atoms with van der Waals surface area (Å²) in [5.74, 6) is -0.236. The molecule has 0 aliphatic heterocycles. The number of aryl methyl sites for hydroxylation is 1. The van der Waals surface area contributed by atoms with Gasteiger partial charge in [-0.3, -0.25) is 4.79 Å². The number of hydrogen-bond donors (Lipinski definition) is 2. The van der Waals surface area contributed by atoms with Crippen LogP contribution in [0.4, 0.5) is 0 Å². The zero-order valence-corrected chi connectivity index (χ0v) is 11.8. The molecule has 2 N–H and O–H groups in total. The standard InChI is InChI=1S/C13H13ClN2O2S/c1-8-11(7-19-16-8)13(18)15-12(6-17)9-2-4-10(14)5-3-9/h2-5,7,12,17H,6H2,1H3,(H,15,18). The second kappa shape index (κ2) is 6.14. The van der Waals surface area contributed by atoms with Crippen LogP contribution in [0.3, 0.4) is 0 Å². The van der Waals surface area contributed by atoms with Crippen molar-refractivity contribution in [3.05, 3.63) is 51.5 Å². The third-order valence-electron chi connectivity index (χ3n) is 2.75. The molecule has 6 heteroatoms. The van der Waals surface area contributed by atoms with Gasteiger partial charge in [0.05, 0.1) is 23.9 Å². The first kappa shape index (κ1) is 14.0. The highest BCUT2D eigenvalue weighted by Gasteiger charge is 2.17. The first-order valence-corrected chi connectivity index (χ1v) is 6.91. The summed E-state index contributed by atoms with van der Waals surface area (Å²) in [5.41, 5.74) is 2.04. The Morgan fingerprint density at radius 1 is 1.47 bits per heavy atom. The Hall–Kier alpha value is -1.43. The van der Waals surface area contributed by atoms with Crippen LogP contribution in [0.2, 0.25) is 5.02 Å². The van der Waals surface area contributed by atoms with Gasteiger partial charge in [-0.25, -0.2) is 0 Å². The molecule has 4 nitrogen and oxygen atoms in total. The second-order valence-corrected chi connectivity index (χ2v) is 5.14. The van der Waals surface area contributed by atoms with Crippen LogP contribution in [0.5, 0.6) is 0 Å². The van der Waals surface area contributed by atoms with Crippen molar-refractivity contribution in [3.8, 4) is 0 Å². The van der Waals surface area contributed by atoms with Crippen LogP contribution in [0.25, 0.3) is 0 Å². The minimum Gasteiger partial charge on any atom is -0.394 e. The minimum atomic E-state index is -0.455. The number of aliphatic hydroxyl groups excluding tert-OH is 1. The maximum Gasteiger partial charge on any atom is 0.254 e. The van der Waals surface area contributed by atoms with Crippen LogP contribution in [0.15, 0.2) is 29.6 Å². The van der Waals surface area contributed by atoms with E-state index in [1.807, 2.05) is 0 Å². The lowest BCUT2D eigenvalue weighted by atomic mass is 10.1.